The average Bonchev–Trinajstić information content (AvgIpc) is 2.05. The van der Waals surface area contributed by atoms with E-state index in [0.29, 0.717) is 6.42 Å². The Balaban J connectivity index is 3.50. The van der Waals surface area contributed by atoms with E-state index in [4.69, 9.17) is 5.26 Å². The third kappa shape index (κ3) is 5.63. The highest BCUT2D eigenvalue weighted by Gasteiger charge is 1.96. The first-order valence-electron chi connectivity index (χ1n) is 4.05. The Morgan fingerprint density at radius 3 is 2.73 bits per heavy atom. The zero-order chi connectivity index (χ0) is 8.53. The lowest BCUT2D eigenvalue weighted by Gasteiger charge is -2.15. The first kappa shape index (κ1) is 10.2. The molecule has 2 heteroatoms. The summed E-state index contributed by atoms with van der Waals surface area (Å²) in [5.41, 5.74) is 0. The molecule has 0 atom stereocenters. The normalized spacial score (nSPS) is 10.7. The molecule has 2 nitrogen and oxygen atoms in total. The molecule has 0 spiro atoms. The summed E-state index contributed by atoms with van der Waals surface area (Å²) in [5.74, 6) is 0. The SMILES string of the molecule is CC=CCN(CC)CCC#N. The minimum atomic E-state index is 0.630. The number of nitrogens with zero attached hydrogens (tertiary/aromatic N) is 2. The van der Waals surface area contributed by atoms with Gasteiger partial charge in [0.15, 0.2) is 0 Å². The number of likely N-dealkylation sites (N-methyl/N-ethyl adjacent to an activating group) is 1. The highest BCUT2D eigenvalue weighted by Crippen LogP contribution is 1.90. The van der Waals surface area contributed by atoms with Crippen molar-refractivity contribution < 1.29 is 0 Å². The van der Waals surface area contributed by atoms with Crippen LogP contribution in [0.4, 0.5) is 0 Å². The molecular weight excluding hydrogens is 136 g/mol. The highest BCUT2D eigenvalue weighted by molar-refractivity contribution is 4.82. The first-order valence-corrected chi connectivity index (χ1v) is 4.05. The number of allylic oxidation sites excluding steroid dienone is 1. The quantitative estimate of drug-likeness (QED) is 0.562. The Bertz CT molecular complexity index is 144. The molecule has 0 aromatic rings. The van der Waals surface area contributed by atoms with E-state index in [9.17, 15) is 0 Å². The Morgan fingerprint density at radius 2 is 2.27 bits per heavy atom. The van der Waals surface area contributed by atoms with Gasteiger partial charge in [-0.3, -0.25) is 4.90 Å². The second-order valence-electron chi connectivity index (χ2n) is 2.37. The van der Waals surface area contributed by atoms with Crippen LogP contribution < -0.4 is 0 Å². The number of rotatable bonds is 5. The molecule has 0 aromatic carbocycles. The van der Waals surface area contributed by atoms with Gasteiger partial charge in [-0.25, -0.2) is 0 Å². The third-order valence-corrected chi connectivity index (χ3v) is 1.59. The van der Waals surface area contributed by atoms with Crippen molar-refractivity contribution in [3.63, 3.8) is 0 Å². The van der Waals surface area contributed by atoms with Gasteiger partial charge in [0.05, 0.1) is 6.07 Å². The molecule has 0 fully saturated rings. The van der Waals surface area contributed by atoms with Crippen LogP contribution in [0.25, 0.3) is 0 Å². The molecule has 0 N–H and O–H groups in total. The molecule has 0 bridgehead atoms. The zero-order valence-electron chi connectivity index (χ0n) is 7.38. The van der Waals surface area contributed by atoms with E-state index in [2.05, 4.69) is 24.0 Å². The van der Waals surface area contributed by atoms with E-state index in [1.165, 1.54) is 0 Å². The molecular formula is C9H16N2. The minimum absolute atomic E-state index is 0.630. The van der Waals surface area contributed by atoms with E-state index >= 15 is 0 Å². The van der Waals surface area contributed by atoms with Crippen molar-refractivity contribution in [2.45, 2.75) is 20.3 Å². The van der Waals surface area contributed by atoms with Gasteiger partial charge < -0.3 is 0 Å². The second-order valence-corrected chi connectivity index (χ2v) is 2.37. The van der Waals surface area contributed by atoms with Crippen molar-refractivity contribution in [1.29, 1.82) is 5.26 Å². The molecule has 0 saturated carbocycles. The van der Waals surface area contributed by atoms with Crippen molar-refractivity contribution in [1.82, 2.24) is 4.90 Å². The van der Waals surface area contributed by atoms with Crippen LogP contribution in [-0.2, 0) is 0 Å². The van der Waals surface area contributed by atoms with Gasteiger partial charge in [0, 0.05) is 19.5 Å². The van der Waals surface area contributed by atoms with Gasteiger partial charge in [-0.2, -0.15) is 5.26 Å². The molecule has 0 rings (SSSR count). The van der Waals surface area contributed by atoms with Crippen LogP contribution in [0.3, 0.4) is 0 Å². The average molecular weight is 152 g/mol. The van der Waals surface area contributed by atoms with Crippen LogP contribution in [0.5, 0.6) is 0 Å². The second kappa shape index (κ2) is 7.30. The van der Waals surface area contributed by atoms with Crippen molar-refractivity contribution in [3.05, 3.63) is 12.2 Å². The van der Waals surface area contributed by atoms with Crippen LogP contribution in [0, 0.1) is 11.3 Å². The molecule has 11 heavy (non-hydrogen) atoms. The fourth-order valence-electron chi connectivity index (χ4n) is 0.841. The molecule has 62 valence electrons. The summed E-state index contributed by atoms with van der Waals surface area (Å²) in [7, 11) is 0. The van der Waals surface area contributed by atoms with Gasteiger partial charge in [-0.15, -0.1) is 0 Å². The Hall–Kier alpha value is -0.810. The van der Waals surface area contributed by atoms with Crippen molar-refractivity contribution in [3.8, 4) is 6.07 Å². The van der Waals surface area contributed by atoms with Gasteiger partial charge in [0.2, 0.25) is 0 Å². The van der Waals surface area contributed by atoms with E-state index < -0.39 is 0 Å². The van der Waals surface area contributed by atoms with Crippen LogP contribution >= 0.6 is 0 Å². The molecule has 0 radical (unpaired) electrons. The summed E-state index contributed by atoms with van der Waals surface area (Å²) in [6.07, 6.45) is 4.78. The van der Waals surface area contributed by atoms with Gasteiger partial charge in [-0.05, 0) is 13.5 Å². The molecule has 0 aromatic heterocycles. The maximum absolute atomic E-state index is 8.34. The standard InChI is InChI=1S/C9H16N2/c1-3-5-8-11(4-2)9-6-7-10/h3,5H,4,6,8-9H2,1-2H3. The lowest BCUT2D eigenvalue weighted by molar-refractivity contribution is 0.327. The Morgan fingerprint density at radius 1 is 1.55 bits per heavy atom. The predicted molar refractivity (Wildman–Crippen MR) is 47.2 cm³/mol. The van der Waals surface area contributed by atoms with Crippen molar-refractivity contribution >= 4 is 0 Å². The number of nitriles is 1. The van der Waals surface area contributed by atoms with Gasteiger partial charge in [0.25, 0.3) is 0 Å². The van der Waals surface area contributed by atoms with Crippen LogP contribution in [0.2, 0.25) is 0 Å². The van der Waals surface area contributed by atoms with Crippen molar-refractivity contribution in [2.75, 3.05) is 19.6 Å². The summed E-state index contributed by atoms with van der Waals surface area (Å²) in [4.78, 5) is 2.24. The van der Waals surface area contributed by atoms with Gasteiger partial charge in [0.1, 0.15) is 0 Å². The van der Waals surface area contributed by atoms with E-state index in [1.54, 1.807) is 0 Å². The fourth-order valence-corrected chi connectivity index (χ4v) is 0.841. The summed E-state index contributed by atoms with van der Waals surface area (Å²) < 4.78 is 0. The molecule has 0 aliphatic rings. The van der Waals surface area contributed by atoms with Crippen LogP contribution in [0.15, 0.2) is 12.2 Å². The van der Waals surface area contributed by atoms with Crippen LogP contribution in [-0.4, -0.2) is 24.5 Å². The third-order valence-electron chi connectivity index (χ3n) is 1.59. The molecule has 0 aliphatic carbocycles. The maximum Gasteiger partial charge on any atom is 0.0635 e. The zero-order valence-corrected chi connectivity index (χ0v) is 7.38. The summed E-state index contributed by atoms with van der Waals surface area (Å²) in [5, 5.41) is 8.34. The maximum atomic E-state index is 8.34. The summed E-state index contributed by atoms with van der Waals surface area (Å²) in [6, 6.07) is 2.14. The predicted octanol–water partition coefficient (Wildman–Crippen LogP) is 1.80. The monoisotopic (exact) mass is 152 g/mol. The van der Waals surface area contributed by atoms with Crippen LogP contribution in [0.1, 0.15) is 20.3 Å². The number of hydrogen-bond acceptors (Lipinski definition) is 2. The van der Waals surface area contributed by atoms with E-state index in [0.717, 1.165) is 19.6 Å². The molecule has 0 aliphatic heterocycles. The largest absolute Gasteiger partial charge is 0.299 e. The van der Waals surface area contributed by atoms with Crippen molar-refractivity contribution in [2.24, 2.45) is 0 Å². The topological polar surface area (TPSA) is 27.0 Å². The van der Waals surface area contributed by atoms with E-state index in [-0.39, 0.29) is 0 Å². The van der Waals surface area contributed by atoms with E-state index in [1.807, 2.05) is 13.0 Å². The minimum Gasteiger partial charge on any atom is -0.299 e. The summed E-state index contributed by atoms with van der Waals surface area (Å²) >= 11 is 0. The molecule has 0 amide bonds. The van der Waals surface area contributed by atoms with Gasteiger partial charge in [-0.1, -0.05) is 19.1 Å². The summed E-state index contributed by atoms with van der Waals surface area (Å²) in [6.45, 7) is 7.00. The number of hydrogen-bond donors (Lipinski definition) is 0. The van der Waals surface area contributed by atoms with Gasteiger partial charge >= 0.3 is 0 Å². The lowest BCUT2D eigenvalue weighted by atomic mass is 10.4. The fraction of sp³-hybridized carbons (Fsp3) is 0.667. The molecule has 0 saturated heterocycles. The Kier molecular flexibility index (Phi) is 6.76. The Labute approximate surface area is 69.1 Å². The molecule has 0 unspecified atom stereocenters. The lowest BCUT2D eigenvalue weighted by Crippen LogP contribution is -2.24. The highest BCUT2D eigenvalue weighted by atomic mass is 15.1. The molecule has 0 heterocycles. The smallest absolute Gasteiger partial charge is 0.0635 e. The first-order chi connectivity index (χ1) is 5.35.